The number of hydrogen-bond donors (Lipinski definition) is 2. The molecule has 0 saturated carbocycles. The van der Waals surface area contributed by atoms with Crippen molar-refractivity contribution in [2.75, 3.05) is 63.7 Å². The zero-order chi connectivity index (χ0) is 24.9. The van der Waals surface area contributed by atoms with Gasteiger partial charge >= 0.3 is 0 Å². The first-order valence-electron chi connectivity index (χ1n) is 11.6. The fourth-order valence-corrected chi connectivity index (χ4v) is 3.97. The normalized spacial score (nSPS) is 14.6. The van der Waals surface area contributed by atoms with Gasteiger partial charge in [0.1, 0.15) is 23.5 Å². The zero-order valence-electron chi connectivity index (χ0n) is 20.3. The maximum Gasteiger partial charge on any atom is 0.253 e. The van der Waals surface area contributed by atoms with Gasteiger partial charge in [0.05, 0.1) is 36.1 Å². The number of morpholine rings is 1. The molecular formula is C25H31FN6O3. The number of nitrogens with one attached hydrogen (secondary N) is 1. The average Bonchev–Trinajstić information content (AvgIpc) is 2.87. The maximum atomic E-state index is 14.1. The number of hydrogen-bond acceptors (Lipinski definition) is 8. The van der Waals surface area contributed by atoms with Crippen LogP contribution in [0.1, 0.15) is 28.9 Å². The molecule has 1 aliphatic rings. The van der Waals surface area contributed by atoms with E-state index in [0.29, 0.717) is 59.9 Å². The van der Waals surface area contributed by atoms with Crippen molar-refractivity contribution in [3.05, 3.63) is 53.5 Å². The summed E-state index contributed by atoms with van der Waals surface area (Å²) < 4.78 is 25.8. The van der Waals surface area contributed by atoms with Gasteiger partial charge in [-0.15, -0.1) is 0 Å². The van der Waals surface area contributed by atoms with Gasteiger partial charge in [-0.1, -0.05) is 0 Å². The van der Waals surface area contributed by atoms with Gasteiger partial charge in [-0.05, 0) is 31.2 Å². The number of halogens is 1. The summed E-state index contributed by atoms with van der Waals surface area (Å²) in [5.74, 6) is 0.509. The van der Waals surface area contributed by atoms with Crippen molar-refractivity contribution in [2.24, 2.45) is 5.73 Å². The van der Waals surface area contributed by atoms with Crippen LogP contribution in [0.2, 0.25) is 0 Å². The van der Waals surface area contributed by atoms with E-state index in [4.69, 9.17) is 20.2 Å². The lowest BCUT2D eigenvalue weighted by atomic mass is 10.0. The first kappa shape index (κ1) is 24.6. The molecule has 4 rings (SSSR count). The molecule has 0 aliphatic carbocycles. The predicted molar refractivity (Wildman–Crippen MR) is 134 cm³/mol. The van der Waals surface area contributed by atoms with Gasteiger partial charge in [0.25, 0.3) is 5.91 Å². The maximum absolute atomic E-state index is 14.1. The third-order valence-electron chi connectivity index (χ3n) is 5.80. The Morgan fingerprint density at radius 2 is 2.06 bits per heavy atom. The van der Waals surface area contributed by atoms with Crippen LogP contribution in [-0.4, -0.2) is 74.3 Å². The summed E-state index contributed by atoms with van der Waals surface area (Å²) in [7, 11) is 3.39. The molecule has 1 aromatic heterocycles. The first-order chi connectivity index (χ1) is 16.9. The zero-order valence-corrected chi connectivity index (χ0v) is 20.3. The highest BCUT2D eigenvalue weighted by Gasteiger charge is 2.21. The lowest BCUT2D eigenvalue weighted by molar-refractivity contribution is 0.0827. The molecule has 0 bridgehead atoms. The van der Waals surface area contributed by atoms with E-state index in [0.717, 1.165) is 18.9 Å². The number of carbonyl (C=O) groups excluding carboxylic acids is 1. The molecule has 35 heavy (non-hydrogen) atoms. The Morgan fingerprint density at radius 3 is 2.77 bits per heavy atom. The molecule has 1 unspecified atom stereocenters. The molecule has 2 heterocycles. The van der Waals surface area contributed by atoms with Crippen molar-refractivity contribution >= 4 is 28.4 Å². The van der Waals surface area contributed by atoms with Gasteiger partial charge in [-0.2, -0.15) is 0 Å². The topological polar surface area (TPSA) is 106 Å². The summed E-state index contributed by atoms with van der Waals surface area (Å²) in [6.45, 7) is 5.48. The van der Waals surface area contributed by atoms with E-state index >= 15 is 0 Å². The van der Waals surface area contributed by atoms with Gasteiger partial charge in [0.15, 0.2) is 0 Å². The second-order valence-electron chi connectivity index (χ2n) is 8.58. The minimum absolute atomic E-state index is 0.157. The van der Waals surface area contributed by atoms with Gasteiger partial charge in [0.2, 0.25) is 0 Å². The molecule has 9 nitrogen and oxygen atoms in total. The largest absolute Gasteiger partial charge is 0.484 e. The number of nitrogens with zero attached hydrogens (tertiary/aromatic N) is 4. The molecule has 10 heteroatoms. The number of nitrogens with two attached hydrogens (primary N) is 1. The summed E-state index contributed by atoms with van der Waals surface area (Å²) >= 11 is 0. The van der Waals surface area contributed by atoms with Crippen LogP contribution in [-0.2, 0) is 4.74 Å². The minimum Gasteiger partial charge on any atom is -0.484 e. The van der Waals surface area contributed by atoms with Crippen molar-refractivity contribution in [3.63, 3.8) is 0 Å². The number of carbonyl (C=O) groups is 1. The Kier molecular flexibility index (Phi) is 7.62. The minimum atomic E-state index is -0.554. The standard InChI is InChI=1S/C25H31FN6O3/c1-16(35-22-14-18(26)4-5-20(22)28-7-6-27)19-12-17(25(33)31(2)3)13-21-24(19)30-23(15-29-21)32-8-10-34-11-9-32/h4-5,12-16,28H,6-11,27H2,1-3H3. The van der Waals surface area contributed by atoms with Crippen LogP contribution in [0.15, 0.2) is 36.5 Å². The highest BCUT2D eigenvalue weighted by Crippen LogP contribution is 2.33. The summed E-state index contributed by atoms with van der Waals surface area (Å²) in [6.07, 6.45) is 1.16. The molecule has 1 atom stereocenters. The van der Waals surface area contributed by atoms with Crippen LogP contribution in [0.25, 0.3) is 11.0 Å². The van der Waals surface area contributed by atoms with Gasteiger partial charge in [-0.3, -0.25) is 9.78 Å². The fourth-order valence-electron chi connectivity index (χ4n) is 3.97. The fraction of sp³-hybridized carbons (Fsp3) is 0.400. The van der Waals surface area contributed by atoms with E-state index < -0.39 is 11.9 Å². The highest BCUT2D eigenvalue weighted by molar-refractivity contribution is 5.98. The number of aromatic nitrogens is 2. The number of benzene rings is 2. The van der Waals surface area contributed by atoms with Crippen molar-refractivity contribution < 1.29 is 18.7 Å². The number of ether oxygens (including phenoxy) is 2. The van der Waals surface area contributed by atoms with Crippen molar-refractivity contribution in [1.82, 2.24) is 14.9 Å². The molecule has 1 amide bonds. The van der Waals surface area contributed by atoms with Gasteiger partial charge < -0.3 is 30.3 Å². The SMILES string of the molecule is CC(Oc1cc(F)ccc1NCCN)c1cc(C(=O)N(C)C)cc2ncc(N3CCOCC3)nc12. The van der Waals surface area contributed by atoms with Crippen molar-refractivity contribution in [1.29, 1.82) is 0 Å². The lowest BCUT2D eigenvalue weighted by Crippen LogP contribution is -2.36. The van der Waals surface area contributed by atoms with Crippen molar-refractivity contribution in [3.8, 4) is 5.75 Å². The number of amides is 1. The van der Waals surface area contributed by atoms with Gasteiger partial charge in [-0.25, -0.2) is 9.37 Å². The summed E-state index contributed by atoms with van der Waals surface area (Å²) in [5, 5.41) is 3.16. The second kappa shape index (κ2) is 10.8. The van der Waals surface area contributed by atoms with Crippen molar-refractivity contribution in [2.45, 2.75) is 13.0 Å². The Morgan fingerprint density at radius 1 is 1.29 bits per heavy atom. The van der Waals surface area contributed by atoms with Gasteiger partial charge in [0, 0.05) is 57.5 Å². The molecule has 3 N–H and O–H groups in total. The van der Waals surface area contributed by atoms with E-state index in [9.17, 15) is 9.18 Å². The highest BCUT2D eigenvalue weighted by atomic mass is 19.1. The number of fused-ring (bicyclic) bond motifs is 1. The molecule has 3 aromatic rings. The predicted octanol–water partition coefficient (Wildman–Crippen LogP) is 2.82. The Balaban J connectivity index is 1.77. The number of rotatable bonds is 8. The summed E-state index contributed by atoms with van der Waals surface area (Å²) in [6, 6.07) is 7.83. The van der Waals surface area contributed by atoms with E-state index in [1.807, 2.05) is 6.92 Å². The summed E-state index contributed by atoms with van der Waals surface area (Å²) in [4.78, 5) is 25.9. The van der Waals surface area contributed by atoms with Crippen LogP contribution in [0, 0.1) is 5.82 Å². The first-order valence-corrected chi connectivity index (χ1v) is 11.6. The quantitative estimate of drug-likeness (QED) is 0.505. The Bertz CT molecular complexity index is 1200. The Hall–Kier alpha value is -3.50. The molecule has 2 aromatic carbocycles. The van der Waals surface area contributed by atoms with Crippen LogP contribution >= 0.6 is 0 Å². The van der Waals surface area contributed by atoms with Crippen LogP contribution in [0.5, 0.6) is 5.75 Å². The molecule has 1 aliphatic heterocycles. The third kappa shape index (κ3) is 5.60. The van der Waals surface area contributed by atoms with E-state index in [2.05, 4.69) is 15.2 Å². The molecule has 0 spiro atoms. The Labute approximate surface area is 204 Å². The van der Waals surface area contributed by atoms with E-state index in [1.165, 1.54) is 17.0 Å². The molecule has 186 valence electrons. The molecule has 1 fully saturated rings. The average molecular weight is 483 g/mol. The van der Waals surface area contributed by atoms with E-state index in [-0.39, 0.29) is 5.91 Å². The summed E-state index contributed by atoms with van der Waals surface area (Å²) in [5.41, 5.74) is 8.62. The van der Waals surface area contributed by atoms with Crippen LogP contribution in [0.3, 0.4) is 0 Å². The smallest absolute Gasteiger partial charge is 0.253 e. The third-order valence-corrected chi connectivity index (χ3v) is 5.80. The number of anilines is 2. The molecular weight excluding hydrogens is 451 g/mol. The monoisotopic (exact) mass is 482 g/mol. The molecule has 1 saturated heterocycles. The second-order valence-corrected chi connectivity index (χ2v) is 8.58. The van der Waals surface area contributed by atoms with Crippen LogP contribution in [0.4, 0.5) is 15.9 Å². The molecule has 0 radical (unpaired) electrons. The van der Waals surface area contributed by atoms with Crippen LogP contribution < -0.4 is 20.7 Å². The van der Waals surface area contributed by atoms with E-state index in [1.54, 1.807) is 38.5 Å². The lowest BCUT2D eigenvalue weighted by Gasteiger charge is -2.28.